The van der Waals surface area contributed by atoms with Crippen LogP contribution < -0.4 is 10.6 Å². The summed E-state index contributed by atoms with van der Waals surface area (Å²) in [6.07, 6.45) is 4.28. The highest BCUT2D eigenvalue weighted by molar-refractivity contribution is 6.30. The summed E-state index contributed by atoms with van der Waals surface area (Å²) >= 11 is 6.13. The minimum absolute atomic E-state index is 0.372. The Balaban J connectivity index is 1.55. The second-order valence-electron chi connectivity index (χ2n) is 7.60. The summed E-state index contributed by atoms with van der Waals surface area (Å²) in [5.74, 6) is -1.35. The van der Waals surface area contributed by atoms with Crippen LogP contribution >= 0.6 is 11.6 Å². The third kappa shape index (κ3) is 5.96. The molecule has 0 aliphatic carbocycles. The van der Waals surface area contributed by atoms with Crippen LogP contribution in [0, 0.1) is 12.7 Å². The van der Waals surface area contributed by atoms with Crippen molar-refractivity contribution in [1.29, 1.82) is 0 Å². The lowest BCUT2D eigenvalue weighted by atomic mass is 10.1. The van der Waals surface area contributed by atoms with E-state index in [1.165, 1.54) is 35.3 Å². The topological polar surface area (TPSA) is 102 Å². The van der Waals surface area contributed by atoms with E-state index in [0.717, 1.165) is 0 Å². The van der Waals surface area contributed by atoms with Gasteiger partial charge in [-0.1, -0.05) is 41.9 Å². The zero-order valence-electron chi connectivity index (χ0n) is 18.5. The van der Waals surface area contributed by atoms with Crippen LogP contribution in [0.1, 0.15) is 22.7 Å². The van der Waals surface area contributed by atoms with Crippen LogP contribution in [0.2, 0.25) is 5.02 Å². The Hall–Kier alpha value is -4.37. The molecule has 176 valence electrons. The molecule has 0 aliphatic heterocycles. The Morgan fingerprint density at radius 3 is 2.60 bits per heavy atom. The minimum atomic E-state index is -0.989. The molecule has 10 heteroatoms. The fraction of sp³-hybridized carbons (Fsp3) is 0.0800. The van der Waals surface area contributed by atoms with E-state index in [-0.39, 0.29) is 5.82 Å². The smallest absolute Gasteiger partial charge is 0.251 e. The van der Waals surface area contributed by atoms with Gasteiger partial charge in [0.2, 0.25) is 5.91 Å². The maximum Gasteiger partial charge on any atom is 0.251 e. The summed E-state index contributed by atoms with van der Waals surface area (Å²) in [7, 11) is 0. The third-order valence-electron chi connectivity index (χ3n) is 5.11. The van der Waals surface area contributed by atoms with E-state index in [1.807, 2.05) is 6.07 Å². The molecule has 0 aliphatic rings. The molecule has 4 aromatic rings. The Labute approximate surface area is 205 Å². The number of halogens is 2. The van der Waals surface area contributed by atoms with Crippen LogP contribution in [0.25, 0.3) is 11.8 Å². The molecular weight excluding hydrogens is 471 g/mol. The van der Waals surface area contributed by atoms with Crippen molar-refractivity contribution >= 4 is 35.2 Å². The normalized spacial score (nSPS) is 11.9. The van der Waals surface area contributed by atoms with Gasteiger partial charge in [-0.15, -0.1) is 5.10 Å². The van der Waals surface area contributed by atoms with E-state index in [0.29, 0.717) is 33.1 Å². The molecular formula is C25H20ClFN6O2. The van der Waals surface area contributed by atoms with Gasteiger partial charge in [0.15, 0.2) is 0 Å². The predicted octanol–water partition coefficient (Wildman–Crippen LogP) is 4.27. The molecule has 3 aromatic carbocycles. The van der Waals surface area contributed by atoms with Gasteiger partial charge in [-0.3, -0.25) is 9.59 Å². The largest absolute Gasteiger partial charge is 0.337 e. The van der Waals surface area contributed by atoms with Crippen LogP contribution in [0.15, 0.2) is 79.1 Å². The fourth-order valence-electron chi connectivity index (χ4n) is 3.38. The first-order chi connectivity index (χ1) is 16.9. The predicted molar refractivity (Wildman–Crippen MR) is 130 cm³/mol. The molecule has 0 fully saturated rings. The van der Waals surface area contributed by atoms with Crippen molar-refractivity contribution in [3.63, 3.8) is 0 Å². The van der Waals surface area contributed by atoms with Gasteiger partial charge in [0.25, 0.3) is 5.91 Å². The van der Waals surface area contributed by atoms with Crippen molar-refractivity contribution < 1.29 is 14.0 Å². The number of aromatic nitrogens is 4. The van der Waals surface area contributed by atoms with Gasteiger partial charge in [0.1, 0.15) is 18.2 Å². The Morgan fingerprint density at radius 2 is 1.89 bits per heavy atom. The lowest BCUT2D eigenvalue weighted by Gasteiger charge is -2.18. The van der Waals surface area contributed by atoms with Gasteiger partial charge >= 0.3 is 0 Å². The average molecular weight is 491 g/mol. The lowest BCUT2D eigenvalue weighted by Crippen LogP contribution is -2.36. The van der Waals surface area contributed by atoms with Crippen molar-refractivity contribution in [2.45, 2.75) is 13.0 Å². The van der Waals surface area contributed by atoms with E-state index in [2.05, 4.69) is 26.2 Å². The summed E-state index contributed by atoms with van der Waals surface area (Å²) in [6, 6.07) is 17.2. The number of aryl methyl sites for hydroxylation is 1. The summed E-state index contributed by atoms with van der Waals surface area (Å²) < 4.78 is 15.0. The van der Waals surface area contributed by atoms with Crippen molar-refractivity contribution in [3.05, 3.63) is 107 Å². The van der Waals surface area contributed by atoms with Crippen LogP contribution in [0.4, 0.5) is 10.1 Å². The number of benzene rings is 3. The summed E-state index contributed by atoms with van der Waals surface area (Å²) in [4.78, 5) is 25.9. The number of anilines is 1. The SMILES string of the molecule is Cc1cc(NC(=O)C(NC(=O)/C=C/c2cc(Cl)ccc2-n2cnnn2)c2ccccc2)ccc1F. The number of hydrogen-bond donors (Lipinski definition) is 2. The summed E-state index contributed by atoms with van der Waals surface area (Å²) in [5, 5.41) is 17.1. The van der Waals surface area contributed by atoms with E-state index in [4.69, 9.17) is 11.6 Å². The first-order valence-electron chi connectivity index (χ1n) is 10.5. The zero-order valence-corrected chi connectivity index (χ0v) is 19.3. The van der Waals surface area contributed by atoms with Gasteiger partial charge in [-0.05, 0) is 71.0 Å². The molecule has 2 amide bonds. The highest BCUT2D eigenvalue weighted by atomic mass is 35.5. The van der Waals surface area contributed by atoms with E-state index < -0.39 is 17.9 Å². The van der Waals surface area contributed by atoms with Crippen LogP contribution in [0.3, 0.4) is 0 Å². The van der Waals surface area contributed by atoms with Crippen LogP contribution in [-0.2, 0) is 9.59 Å². The number of tetrazole rings is 1. The molecule has 0 saturated heterocycles. The zero-order chi connectivity index (χ0) is 24.8. The molecule has 1 heterocycles. The third-order valence-corrected chi connectivity index (χ3v) is 5.34. The summed E-state index contributed by atoms with van der Waals surface area (Å²) in [5.41, 5.74) is 2.62. The van der Waals surface area contributed by atoms with Crippen molar-refractivity contribution in [2.24, 2.45) is 0 Å². The summed E-state index contributed by atoms with van der Waals surface area (Å²) in [6.45, 7) is 1.60. The number of amides is 2. The van der Waals surface area contributed by atoms with Crippen molar-refractivity contribution in [3.8, 4) is 5.69 Å². The Kier molecular flexibility index (Phi) is 7.27. The van der Waals surface area contributed by atoms with E-state index in [1.54, 1.807) is 55.5 Å². The number of carbonyl (C=O) groups excluding carboxylic acids is 2. The van der Waals surface area contributed by atoms with Crippen LogP contribution in [-0.4, -0.2) is 32.0 Å². The molecule has 35 heavy (non-hydrogen) atoms. The number of rotatable bonds is 7. The van der Waals surface area contributed by atoms with E-state index in [9.17, 15) is 14.0 Å². The minimum Gasteiger partial charge on any atom is -0.337 e. The molecule has 8 nitrogen and oxygen atoms in total. The monoisotopic (exact) mass is 490 g/mol. The first-order valence-corrected chi connectivity index (χ1v) is 10.9. The number of hydrogen-bond acceptors (Lipinski definition) is 5. The molecule has 0 radical (unpaired) electrons. The standard InChI is InChI=1S/C25H20ClFN6O2/c1-16-13-20(9-10-21(16)27)29-25(35)24(17-5-3-2-4-6-17)30-23(34)12-7-18-14-19(26)8-11-22(18)33-15-28-31-32-33/h2-15,24H,1H3,(H,29,35)(H,30,34)/b12-7+. The highest BCUT2D eigenvalue weighted by Gasteiger charge is 2.22. The van der Waals surface area contributed by atoms with Crippen molar-refractivity contribution in [1.82, 2.24) is 25.5 Å². The van der Waals surface area contributed by atoms with Crippen molar-refractivity contribution in [2.75, 3.05) is 5.32 Å². The quantitative estimate of drug-likeness (QED) is 0.377. The highest BCUT2D eigenvalue weighted by Crippen LogP contribution is 2.21. The second kappa shape index (κ2) is 10.7. The number of nitrogens with one attached hydrogen (secondary N) is 2. The van der Waals surface area contributed by atoms with Gasteiger partial charge in [-0.25, -0.2) is 4.39 Å². The Morgan fingerprint density at radius 1 is 1.09 bits per heavy atom. The second-order valence-corrected chi connectivity index (χ2v) is 8.03. The van der Waals surface area contributed by atoms with Gasteiger partial charge in [-0.2, -0.15) is 4.68 Å². The fourth-order valence-corrected chi connectivity index (χ4v) is 3.56. The molecule has 0 saturated carbocycles. The maximum atomic E-state index is 13.6. The lowest BCUT2D eigenvalue weighted by molar-refractivity contribution is -0.123. The molecule has 2 N–H and O–H groups in total. The number of nitrogens with zero attached hydrogens (tertiary/aromatic N) is 4. The molecule has 0 spiro atoms. The van der Waals surface area contributed by atoms with Crippen LogP contribution in [0.5, 0.6) is 0 Å². The molecule has 1 atom stereocenters. The molecule has 1 aromatic heterocycles. The van der Waals surface area contributed by atoms with Gasteiger partial charge in [0, 0.05) is 22.3 Å². The van der Waals surface area contributed by atoms with E-state index >= 15 is 0 Å². The Bertz CT molecular complexity index is 1380. The number of carbonyl (C=O) groups is 2. The first kappa shape index (κ1) is 23.8. The van der Waals surface area contributed by atoms with Gasteiger partial charge in [0.05, 0.1) is 5.69 Å². The molecule has 1 unspecified atom stereocenters. The van der Waals surface area contributed by atoms with Gasteiger partial charge < -0.3 is 10.6 Å². The maximum absolute atomic E-state index is 13.6. The molecule has 4 rings (SSSR count). The average Bonchev–Trinajstić information content (AvgIpc) is 3.39. The molecule has 0 bridgehead atoms.